The van der Waals surface area contributed by atoms with Gasteiger partial charge in [0.15, 0.2) is 4.80 Å². The lowest BCUT2D eigenvalue weighted by molar-refractivity contribution is -0.384. The van der Waals surface area contributed by atoms with Crippen molar-refractivity contribution in [2.24, 2.45) is 10.9 Å². The minimum absolute atomic E-state index is 0.0317. The molecule has 0 saturated carbocycles. The lowest BCUT2D eigenvalue weighted by Crippen LogP contribution is -2.58. The van der Waals surface area contributed by atoms with E-state index in [2.05, 4.69) is 4.99 Å². The fourth-order valence-electron chi connectivity index (χ4n) is 4.27. The van der Waals surface area contributed by atoms with Crippen molar-refractivity contribution in [2.75, 3.05) is 7.11 Å². The number of aromatic nitrogens is 1. The number of carbonyl (C=O) groups is 1. The van der Waals surface area contributed by atoms with Crippen molar-refractivity contribution in [3.05, 3.63) is 89.5 Å². The lowest BCUT2D eigenvalue weighted by Gasteiger charge is -2.44. The van der Waals surface area contributed by atoms with Crippen molar-refractivity contribution in [3.63, 3.8) is 0 Å². The fraction of sp³-hybridized carbons (Fsp3) is 0.227. The molecule has 3 heterocycles. The van der Waals surface area contributed by atoms with Crippen LogP contribution in [-0.4, -0.2) is 28.3 Å². The van der Waals surface area contributed by atoms with E-state index >= 15 is 0 Å². The Labute approximate surface area is 185 Å². The van der Waals surface area contributed by atoms with Crippen LogP contribution in [-0.2, 0) is 9.53 Å². The largest absolute Gasteiger partial charge is 0.469 e. The van der Waals surface area contributed by atoms with Crippen molar-refractivity contribution < 1.29 is 19.2 Å². The maximum Gasteiger partial charge on any atom is 0.317 e. The van der Waals surface area contributed by atoms with Crippen LogP contribution in [0.4, 0.5) is 5.69 Å². The minimum Gasteiger partial charge on any atom is -0.469 e. The molecule has 0 spiro atoms. The monoisotopic (exact) mass is 451 g/mol. The van der Waals surface area contributed by atoms with Crippen LogP contribution < -0.4 is 19.6 Å². The molecule has 2 aromatic carbocycles. The predicted octanol–water partition coefficient (Wildman–Crippen LogP) is 1.77. The number of non-ortho nitro benzene ring substituents is 1. The highest BCUT2D eigenvalue weighted by molar-refractivity contribution is 7.07. The zero-order chi connectivity index (χ0) is 22.6. The zero-order valence-electron chi connectivity index (χ0n) is 17.1. The van der Waals surface area contributed by atoms with Gasteiger partial charge in [-0.3, -0.25) is 24.3 Å². The molecule has 2 bridgehead atoms. The van der Waals surface area contributed by atoms with E-state index in [1.807, 2.05) is 18.2 Å². The average Bonchev–Trinajstić information content (AvgIpc) is 3.06. The summed E-state index contributed by atoms with van der Waals surface area (Å²) in [5.74, 6) is -0.789. The maximum absolute atomic E-state index is 13.4. The SMILES string of the molecule is COC(=O)C1C2c3ccccc3OC1(C)N=c1s/c(=C\c3ccc([N+](=O)[O-])cc3)c(=O)n12. The van der Waals surface area contributed by atoms with E-state index in [1.165, 1.54) is 35.1 Å². The van der Waals surface area contributed by atoms with Crippen molar-refractivity contribution >= 4 is 29.1 Å². The van der Waals surface area contributed by atoms with Crippen LogP contribution in [0.25, 0.3) is 6.08 Å². The van der Waals surface area contributed by atoms with Gasteiger partial charge in [0.25, 0.3) is 11.2 Å². The molecular weight excluding hydrogens is 434 g/mol. The smallest absolute Gasteiger partial charge is 0.317 e. The van der Waals surface area contributed by atoms with Crippen molar-refractivity contribution in [1.29, 1.82) is 0 Å². The summed E-state index contributed by atoms with van der Waals surface area (Å²) in [7, 11) is 1.30. The molecule has 0 N–H and O–H groups in total. The standard InChI is InChI=1S/C22H17N3O6S/c1-22-17(20(27)30-2)18(14-5-3-4-6-15(14)31-22)24-19(26)16(32-21(24)23-22)11-12-7-9-13(10-8-12)25(28)29/h3-11,17-18H,1-2H3/b16-11-. The first-order valence-electron chi connectivity index (χ1n) is 9.75. The number of ether oxygens (including phenoxy) is 2. The highest BCUT2D eigenvalue weighted by Crippen LogP contribution is 2.47. The molecule has 10 heteroatoms. The van der Waals surface area contributed by atoms with Gasteiger partial charge in [0.05, 0.1) is 22.6 Å². The van der Waals surface area contributed by atoms with E-state index in [-0.39, 0.29) is 11.2 Å². The first kappa shape index (κ1) is 20.1. The molecule has 2 aliphatic rings. The van der Waals surface area contributed by atoms with E-state index in [0.717, 1.165) is 0 Å². The molecule has 3 aromatic rings. The van der Waals surface area contributed by atoms with E-state index in [9.17, 15) is 19.7 Å². The number of hydrogen-bond acceptors (Lipinski definition) is 8. The number of methoxy groups -OCH3 is 1. The number of thiazole rings is 1. The van der Waals surface area contributed by atoms with Gasteiger partial charge >= 0.3 is 5.97 Å². The molecule has 0 fully saturated rings. The lowest BCUT2D eigenvalue weighted by atomic mass is 9.81. The Morgan fingerprint density at radius 2 is 2.00 bits per heavy atom. The van der Waals surface area contributed by atoms with Gasteiger partial charge in [-0.25, -0.2) is 4.99 Å². The van der Waals surface area contributed by atoms with Gasteiger partial charge in [-0.15, -0.1) is 0 Å². The molecule has 1 aromatic heterocycles. The van der Waals surface area contributed by atoms with Gasteiger partial charge in [0.2, 0.25) is 5.72 Å². The van der Waals surface area contributed by atoms with Gasteiger partial charge in [-0.2, -0.15) is 0 Å². The third-order valence-corrected chi connectivity index (χ3v) is 6.72. The maximum atomic E-state index is 13.4. The Kier molecular flexibility index (Phi) is 4.48. The quantitative estimate of drug-likeness (QED) is 0.341. The number of nitrogens with zero attached hydrogens (tertiary/aromatic N) is 3. The summed E-state index contributed by atoms with van der Waals surface area (Å²) in [6.45, 7) is 1.71. The Morgan fingerprint density at radius 3 is 2.69 bits per heavy atom. The summed E-state index contributed by atoms with van der Waals surface area (Å²) in [4.78, 5) is 41.7. The van der Waals surface area contributed by atoms with Crippen LogP contribution in [0.15, 0.2) is 58.3 Å². The third kappa shape index (κ3) is 2.94. The first-order valence-corrected chi connectivity index (χ1v) is 10.6. The normalized spacial score (nSPS) is 23.4. The number of para-hydroxylation sites is 1. The highest BCUT2D eigenvalue weighted by atomic mass is 32.1. The first-order chi connectivity index (χ1) is 15.3. The van der Waals surface area contributed by atoms with Crippen LogP contribution in [0.2, 0.25) is 0 Å². The number of hydrogen-bond donors (Lipinski definition) is 0. The van der Waals surface area contributed by atoms with Gasteiger partial charge in [0.1, 0.15) is 11.7 Å². The van der Waals surface area contributed by atoms with E-state index < -0.39 is 28.6 Å². The molecular formula is C22H17N3O6S. The summed E-state index contributed by atoms with van der Waals surface area (Å²) in [5.41, 5.74) is -0.213. The van der Waals surface area contributed by atoms with Gasteiger partial charge in [0, 0.05) is 17.7 Å². The predicted molar refractivity (Wildman–Crippen MR) is 115 cm³/mol. The van der Waals surface area contributed by atoms with Crippen LogP contribution in [0.1, 0.15) is 24.1 Å². The Balaban J connectivity index is 1.73. The number of nitro benzene ring substituents is 1. The van der Waals surface area contributed by atoms with E-state index in [0.29, 0.717) is 26.2 Å². The minimum atomic E-state index is -1.23. The number of carbonyl (C=O) groups excluding carboxylic acids is 1. The molecule has 32 heavy (non-hydrogen) atoms. The number of rotatable bonds is 3. The second kappa shape index (κ2) is 7.13. The molecule has 3 atom stereocenters. The summed E-state index contributed by atoms with van der Waals surface area (Å²) in [6.07, 6.45) is 1.66. The zero-order valence-corrected chi connectivity index (χ0v) is 17.9. The van der Waals surface area contributed by atoms with Gasteiger partial charge in [-0.1, -0.05) is 29.5 Å². The summed E-state index contributed by atoms with van der Waals surface area (Å²) < 4.78 is 13.1. The molecule has 0 amide bonds. The topological polar surface area (TPSA) is 113 Å². The molecule has 162 valence electrons. The molecule has 9 nitrogen and oxygen atoms in total. The van der Waals surface area contributed by atoms with Gasteiger partial charge in [-0.05, 0) is 36.8 Å². The summed E-state index contributed by atoms with van der Waals surface area (Å²) >= 11 is 1.18. The van der Waals surface area contributed by atoms with E-state index in [4.69, 9.17) is 9.47 Å². The van der Waals surface area contributed by atoms with Crippen molar-refractivity contribution in [1.82, 2.24) is 4.57 Å². The highest BCUT2D eigenvalue weighted by Gasteiger charge is 2.55. The molecule has 0 aliphatic carbocycles. The van der Waals surface area contributed by atoms with Crippen LogP contribution in [0.5, 0.6) is 5.75 Å². The van der Waals surface area contributed by atoms with E-state index in [1.54, 1.807) is 31.2 Å². The number of fused-ring (bicyclic) bond motifs is 6. The second-order valence-electron chi connectivity index (χ2n) is 7.67. The molecule has 0 saturated heterocycles. The van der Waals surface area contributed by atoms with Crippen LogP contribution in [0.3, 0.4) is 0 Å². The Morgan fingerprint density at radius 1 is 1.28 bits per heavy atom. The number of benzene rings is 2. The molecule has 2 aliphatic heterocycles. The van der Waals surface area contributed by atoms with Crippen molar-refractivity contribution in [3.8, 4) is 5.75 Å². The molecule has 0 radical (unpaired) electrons. The second-order valence-corrected chi connectivity index (χ2v) is 8.68. The van der Waals surface area contributed by atoms with Gasteiger partial charge < -0.3 is 9.47 Å². The van der Waals surface area contributed by atoms with Crippen LogP contribution >= 0.6 is 11.3 Å². The third-order valence-electron chi connectivity index (χ3n) is 5.74. The Hall–Kier alpha value is -3.79. The average molecular weight is 451 g/mol. The molecule has 3 unspecified atom stereocenters. The van der Waals surface area contributed by atoms with Crippen molar-refractivity contribution in [2.45, 2.75) is 18.7 Å². The number of nitro groups is 1. The Bertz CT molecular complexity index is 1440. The summed E-state index contributed by atoms with van der Waals surface area (Å²) in [6, 6.07) is 12.5. The summed E-state index contributed by atoms with van der Waals surface area (Å²) in [5, 5.41) is 10.9. The molecule has 5 rings (SSSR count). The number of esters is 1. The fourth-order valence-corrected chi connectivity index (χ4v) is 5.37. The van der Waals surface area contributed by atoms with Crippen LogP contribution in [0, 0.1) is 16.0 Å².